The highest BCUT2D eigenvalue weighted by Gasteiger charge is 2.27. The number of phenols is 1. The Morgan fingerprint density at radius 3 is 2.84 bits per heavy atom. The van der Waals surface area contributed by atoms with Crippen molar-refractivity contribution in [2.75, 3.05) is 17.8 Å². The molecular formula is C13H20N2O3S. The predicted octanol–water partition coefficient (Wildman–Crippen LogP) is 2.09. The van der Waals surface area contributed by atoms with Crippen LogP contribution in [-0.4, -0.2) is 30.9 Å². The van der Waals surface area contributed by atoms with E-state index in [1.807, 2.05) is 13.8 Å². The van der Waals surface area contributed by atoms with Crippen molar-refractivity contribution in [1.29, 1.82) is 0 Å². The van der Waals surface area contributed by atoms with Crippen molar-refractivity contribution in [2.45, 2.75) is 26.7 Å². The lowest BCUT2D eigenvalue weighted by atomic mass is 10.0. The number of rotatable bonds is 3. The number of hydrogen-bond donors (Lipinski definition) is 2. The standard InChI is InChI=1S/C13H20N2O3S/c1-10-5-6-13(16)12(8-10)14-19(17,18)15-7-3-4-11(2)9-15/h5-6,8,11,14,16H,3-4,7,9H2,1-2H3. The molecule has 0 saturated carbocycles. The SMILES string of the molecule is Cc1ccc(O)c(NS(=O)(=O)N2CCCC(C)C2)c1. The Labute approximate surface area is 114 Å². The Balaban J connectivity index is 2.18. The van der Waals surface area contributed by atoms with Crippen LogP contribution in [0.1, 0.15) is 25.3 Å². The van der Waals surface area contributed by atoms with Crippen LogP contribution in [0.25, 0.3) is 0 Å². The molecular weight excluding hydrogens is 264 g/mol. The first kappa shape index (κ1) is 14.1. The zero-order valence-electron chi connectivity index (χ0n) is 11.3. The number of anilines is 1. The highest BCUT2D eigenvalue weighted by atomic mass is 32.2. The number of piperidine rings is 1. The molecule has 1 aromatic rings. The summed E-state index contributed by atoms with van der Waals surface area (Å²) in [5.41, 5.74) is 1.13. The zero-order valence-corrected chi connectivity index (χ0v) is 12.1. The first-order valence-electron chi connectivity index (χ1n) is 6.46. The van der Waals surface area contributed by atoms with Gasteiger partial charge in [0.2, 0.25) is 0 Å². The Bertz CT molecular complexity index is 557. The van der Waals surface area contributed by atoms with Crippen LogP contribution in [0, 0.1) is 12.8 Å². The van der Waals surface area contributed by atoms with Gasteiger partial charge in [0.1, 0.15) is 5.75 Å². The van der Waals surface area contributed by atoms with Gasteiger partial charge in [-0.3, -0.25) is 4.72 Å². The van der Waals surface area contributed by atoms with E-state index in [1.54, 1.807) is 12.1 Å². The number of aryl methyl sites for hydroxylation is 1. The number of phenolic OH excluding ortho intramolecular Hbond substituents is 1. The van der Waals surface area contributed by atoms with Crippen molar-refractivity contribution in [3.63, 3.8) is 0 Å². The Morgan fingerprint density at radius 2 is 2.16 bits per heavy atom. The summed E-state index contributed by atoms with van der Waals surface area (Å²) in [7, 11) is -3.59. The lowest BCUT2D eigenvalue weighted by Gasteiger charge is -2.30. The monoisotopic (exact) mass is 284 g/mol. The van der Waals surface area contributed by atoms with Gasteiger partial charge >= 0.3 is 10.2 Å². The van der Waals surface area contributed by atoms with Gasteiger partial charge in [-0.2, -0.15) is 12.7 Å². The van der Waals surface area contributed by atoms with E-state index < -0.39 is 10.2 Å². The first-order valence-corrected chi connectivity index (χ1v) is 7.90. The van der Waals surface area contributed by atoms with Gasteiger partial charge in [0.15, 0.2) is 0 Å². The second-order valence-corrected chi connectivity index (χ2v) is 6.90. The fourth-order valence-corrected chi connectivity index (χ4v) is 3.69. The third-order valence-corrected chi connectivity index (χ3v) is 4.84. The molecule has 1 aliphatic rings. The molecule has 0 amide bonds. The highest BCUT2D eigenvalue weighted by Crippen LogP contribution is 2.27. The summed E-state index contributed by atoms with van der Waals surface area (Å²) >= 11 is 0. The Kier molecular flexibility index (Phi) is 4.01. The fraction of sp³-hybridized carbons (Fsp3) is 0.538. The van der Waals surface area contributed by atoms with E-state index in [-0.39, 0.29) is 11.4 Å². The Morgan fingerprint density at radius 1 is 1.42 bits per heavy atom. The van der Waals surface area contributed by atoms with Crippen LogP contribution in [-0.2, 0) is 10.2 Å². The minimum Gasteiger partial charge on any atom is -0.506 e. The van der Waals surface area contributed by atoms with Crippen LogP contribution in [0.5, 0.6) is 5.75 Å². The highest BCUT2D eigenvalue weighted by molar-refractivity contribution is 7.90. The van der Waals surface area contributed by atoms with Crippen LogP contribution in [0.2, 0.25) is 0 Å². The molecule has 1 heterocycles. The second-order valence-electron chi connectivity index (χ2n) is 5.23. The molecule has 1 unspecified atom stereocenters. The van der Waals surface area contributed by atoms with Crippen LogP contribution < -0.4 is 4.72 Å². The number of nitrogens with zero attached hydrogens (tertiary/aromatic N) is 1. The maximum atomic E-state index is 12.3. The van der Waals surface area contributed by atoms with Crippen molar-refractivity contribution < 1.29 is 13.5 Å². The van der Waals surface area contributed by atoms with Crippen molar-refractivity contribution in [1.82, 2.24) is 4.31 Å². The molecule has 106 valence electrons. The van der Waals surface area contributed by atoms with Gasteiger partial charge in [-0.25, -0.2) is 0 Å². The molecule has 0 radical (unpaired) electrons. The average molecular weight is 284 g/mol. The van der Waals surface area contributed by atoms with Gasteiger partial charge in [0, 0.05) is 13.1 Å². The van der Waals surface area contributed by atoms with Crippen molar-refractivity contribution in [3.8, 4) is 5.75 Å². The van der Waals surface area contributed by atoms with Crippen LogP contribution in [0.15, 0.2) is 18.2 Å². The normalized spacial score (nSPS) is 21.3. The van der Waals surface area contributed by atoms with E-state index in [2.05, 4.69) is 4.72 Å². The fourth-order valence-electron chi connectivity index (χ4n) is 2.30. The largest absolute Gasteiger partial charge is 0.506 e. The van der Waals surface area contributed by atoms with E-state index >= 15 is 0 Å². The summed E-state index contributed by atoms with van der Waals surface area (Å²) in [6, 6.07) is 4.85. The van der Waals surface area contributed by atoms with Gasteiger partial charge < -0.3 is 5.11 Å². The number of aromatic hydroxyl groups is 1. The van der Waals surface area contributed by atoms with E-state index in [4.69, 9.17) is 0 Å². The molecule has 0 bridgehead atoms. The van der Waals surface area contributed by atoms with Gasteiger partial charge in [-0.15, -0.1) is 0 Å². The number of hydrogen-bond acceptors (Lipinski definition) is 3. The molecule has 1 fully saturated rings. The molecule has 2 N–H and O–H groups in total. The second kappa shape index (κ2) is 5.38. The number of nitrogens with one attached hydrogen (secondary N) is 1. The van der Waals surface area contributed by atoms with Crippen molar-refractivity contribution >= 4 is 15.9 Å². The van der Waals surface area contributed by atoms with Gasteiger partial charge in [0.05, 0.1) is 5.69 Å². The molecule has 6 heteroatoms. The van der Waals surface area contributed by atoms with Gasteiger partial charge in [0.25, 0.3) is 0 Å². The van der Waals surface area contributed by atoms with Crippen molar-refractivity contribution in [2.24, 2.45) is 5.92 Å². The summed E-state index contributed by atoms with van der Waals surface area (Å²) in [5, 5.41) is 9.70. The maximum Gasteiger partial charge on any atom is 0.301 e. The van der Waals surface area contributed by atoms with Gasteiger partial charge in [-0.05, 0) is 43.4 Å². The number of benzene rings is 1. The van der Waals surface area contributed by atoms with E-state index in [9.17, 15) is 13.5 Å². The molecule has 19 heavy (non-hydrogen) atoms. The molecule has 1 aliphatic heterocycles. The molecule has 0 aliphatic carbocycles. The third kappa shape index (κ3) is 3.39. The smallest absolute Gasteiger partial charge is 0.301 e. The summed E-state index contributed by atoms with van der Waals surface area (Å²) < 4.78 is 28.4. The van der Waals surface area contributed by atoms with Crippen LogP contribution in [0.4, 0.5) is 5.69 Å². The minimum absolute atomic E-state index is 0.0563. The molecule has 1 saturated heterocycles. The molecule has 0 spiro atoms. The lowest BCUT2D eigenvalue weighted by molar-refractivity contribution is 0.282. The van der Waals surface area contributed by atoms with Crippen molar-refractivity contribution in [3.05, 3.63) is 23.8 Å². The molecule has 1 atom stereocenters. The van der Waals surface area contributed by atoms with E-state index in [0.29, 0.717) is 19.0 Å². The average Bonchev–Trinajstić information content (AvgIpc) is 2.33. The van der Waals surface area contributed by atoms with Crippen LogP contribution >= 0.6 is 0 Å². The molecule has 5 nitrogen and oxygen atoms in total. The quantitative estimate of drug-likeness (QED) is 0.835. The summed E-state index contributed by atoms with van der Waals surface area (Å²) in [5.74, 6) is 0.315. The Hall–Kier alpha value is -1.27. The van der Waals surface area contributed by atoms with Gasteiger partial charge in [-0.1, -0.05) is 13.0 Å². The first-order chi connectivity index (χ1) is 8.88. The maximum absolute atomic E-state index is 12.3. The molecule has 2 rings (SSSR count). The van der Waals surface area contributed by atoms with E-state index in [1.165, 1.54) is 10.4 Å². The minimum atomic E-state index is -3.59. The zero-order chi connectivity index (χ0) is 14.0. The molecule has 1 aromatic carbocycles. The summed E-state index contributed by atoms with van der Waals surface area (Å²) in [4.78, 5) is 0. The van der Waals surface area contributed by atoms with Crippen LogP contribution in [0.3, 0.4) is 0 Å². The topological polar surface area (TPSA) is 69.6 Å². The summed E-state index contributed by atoms with van der Waals surface area (Å²) in [6.07, 6.45) is 1.93. The molecule has 0 aromatic heterocycles. The lowest BCUT2D eigenvalue weighted by Crippen LogP contribution is -2.42. The van der Waals surface area contributed by atoms with E-state index in [0.717, 1.165) is 18.4 Å². The third-order valence-electron chi connectivity index (χ3n) is 3.35. The predicted molar refractivity (Wildman–Crippen MR) is 75.4 cm³/mol. The summed E-state index contributed by atoms with van der Waals surface area (Å²) in [6.45, 7) is 4.96.